The fourth-order valence-electron chi connectivity index (χ4n) is 3.13. The van der Waals surface area contributed by atoms with E-state index in [0.29, 0.717) is 0 Å². The molecule has 0 bridgehead atoms. The van der Waals surface area contributed by atoms with Gasteiger partial charge in [0, 0.05) is 6.54 Å². The van der Waals surface area contributed by atoms with Crippen molar-refractivity contribution in [1.82, 2.24) is 4.31 Å². The van der Waals surface area contributed by atoms with Crippen LogP contribution < -0.4 is 0 Å². The topological polar surface area (TPSA) is 91.8 Å². The minimum Gasteiger partial charge on any atom is -0.390 e. The Labute approximate surface area is 141 Å². The maximum atomic E-state index is 13.0. The Morgan fingerprint density at radius 3 is 2.38 bits per heavy atom. The molecule has 0 unspecified atom stereocenters. The van der Waals surface area contributed by atoms with E-state index in [0.717, 1.165) is 15.1 Å². The van der Waals surface area contributed by atoms with Crippen molar-refractivity contribution in [3.8, 4) is 0 Å². The van der Waals surface area contributed by atoms with Crippen LogP contribution in [-0.2, 0) is 19.9 Å². The Kier molecular flexibility index (Phi) is 4.41. The van der Waals surface area contributed by atoms with Gasteiger partial charge in [-0.3, -0.25) is 0 Å². The van der Waals surface area contributed by atoms with Gasteiger partial charge in [0.25, 0.3) is 0 Å². The van der Waals surface area contributed by atoms with Crippen LogP contribution in [0.2, 0.25) is 0 Å². The Balaban J connectivity index is 2.03. The van der Waals surface area contributed by atoms with Gasteiger partial charge in [0.15, 0.2) is 9.84 Å². The molecule has 1 N–H and O–H groups in total. The first kappa shape index (κ1) is 17.3. The third kappa shape index (κ3) is 3.06. The number of benzene rings is 2. The molecule has 2 atom stereocenters. The smallest absolute Gasteiger partial charge is 0.243 e. The summed E-state index contributed by atoms with van der Waals surface area (Å²) >= 11 is 0. The molecular weight excluding hydrogens is 350 g/mol. The summed E-state index contributed by atoms with van der Waals surface area (Å²) in [6.45, 7) is 1.72. The second-order valence-corrected chi connectivity index (χ2v) is 9.97. The number of hydrogen-bond acceptors (Lipinski definition) is 5. The highest BCUT2D eigenvalue weighted by molar-refractivity contribution is 7.92. The summed E-state index contributed by atoms with van der Waals surface area (Å²) in [6, 6.07) is 11.3. The highest BCUT2D eigenvalue weighted by Gasteiger charge is 2.44. The van der Waals surface area contributed by atoms with Crippen LogP contribution in [0.15, 0.2) is 47.4 Å². The number of aliphatic hydroxyl groups excluding tert-OH is 1. The summed E-state index contributed by atoms with van der Waals surface area (Å²) in [5.74, 6) is -0.754. The van der Waals surface area contributed by atoms with Crippen molar-refractivity contribution in [3.63, 3.8) is 0 Å². The number of sulfone groups is 1. The number of rotatable bonds is 4. The van der Waals surface area contributed by atoms with E-state index in [1.165, 1.54) is 6.07 Å². The van der Waals surface area contributed by atoms with Gasteiger partial charge in [-0.15, -0.1) is 0 Å². The predicted molar refractivity (Wildman–Crippen MR) is 92.0 cm³/mol. The third-order valence-corrected chi connectivity index (χ3v) is 8.00. The minimum absolute atomic E-state index is 0.0897. The molecule has 0 aliphatic carbocycles. The maximum absolute atomic E-state index is 13.0. The van der Waals surface area contributed by atoms with Crippen LogP contribution in [0.3, 0.4) is 0 Å². The minimum atomic E-state index is -3.90. The highest BCUT2D eigenvalue weighted by atomic mass is 32.2. The first-order valence-corrected chi connectivity index (χ1v) is 10.9. The molecule has 3 rings (SSSR count). The van der Waals surface area contributed by atoms with E-state index >= 15 is 0 Å². The molecule has 1 saturated heterocycles. The monoisotopic (exact) mass is 369 g/mol. The average molecular weight is 369 g/mol. The SMILES string of the molecule is CCN([C@@H]1CS(=O)(=O)C[C@H]1O)S(=O)(=O)c1ccc2ccccc2c1. The molecule has 24 heavy (non-hydrogen) atoms. The van der Waals surface area contributed by atoms with Gasteiger partial charge in [-0.2, -0.15) is 4.31 Å². The molecule has 1 heterocycles. The van der Waals surface area contributed by atoms with Crippen molar-refractivity contribution in [2.24, 2.45) is 0 Å². The lowest BCUT2D eigenvalue weighted by atomic mass is 10.1. The third-order valence-electron chi connectivity index (χ3n) is 4.30. The Morgan fingerprint density at radius 2 is 1.79 bits per heavy atom. The molecule has 1 aliphatic rings. The van der Waals surface area contributed by atoms with Gasteiger partial charge in [-0.05, 0) is 22.9 Å². The van der Waals surface area contributed by atoms with Crippen molar-refractivity contribution >= 4 is 30.6 Å². The van der Waals surface area contributed by atoms with E-state index < -0.39 is 37.8 Å². The second-order valence-electron chi connectivity index (χ2n) is 5.93. The number of nitrogens with zero attached hydrogens (tertiary/aromatic N) is 1. The molecule has 6 nitrogen and oxygen atoms in total. The van der Waals surface area contributed by atoms with Gasteiger partial charge >= 0.3 is 0 Å². The zero-order valence-electron chi connectivity index (χ0n) is 13.2. The maximum Gasteiger partial charge on any atom is 0.243 e. The molecular formula is C16H19NO5S2. The molecule has 0 radical (unpaired) electrons. The van der Waals surface area contributed by atoms with Gasteiger partial charge in [-0.1, -0.05) is 37.3 Å². The van der Waals surface area contributed by atoms with Crippen molar-refractivity contribution in [2.45, 2.75) is 24.0 Å². The second kappa shape index (κ2) is 6.11. The number of aliphatic hydroxyl groups is 1. The molecule has 8 heteroatoms. The number of sulfonamides is 1. The zero-order valence-corrected chi connectivity index (χ0v) is 14.8. The van der Waals surface area contributed by atoms with E-state index in [1.54, 1.807) is 19.1 Å². The molecule has 2 aromatic carbocycles. The molecule has 0 spiro atoms. The summed E-state index contributed by atoms with van der Waals surface area (Å²) in [5, 5.41) is 11.7. The van der Waals surface area contributed by atoms with Crippen LogP contribution in [0.1, 0.15) is 6.92 Å². The fraction of sp³-hybridized carbons (Fsp3) is 0.375. The highest BCUT2D eigenvalue weighted by Crippen LogP contribution is 2.27. The molecule has 1 fully saturated rings. The predicted octanol–water partition coefficient (Wildman–Crippen LogP) is 1.01. The van der Waals surface area contributed by atoms with Gasteiger partial charge in [-0.25, -0.2) is 16.8 Å². The zero-order chi connectivity index (χ0) is 17.5. The van der Waals surface area contributed by atoms with Crippen molar-refractivity contribution in [3.05, 3.63) is 42.5 Å². The lowest BCUT2D eigenvalue weighted by molar-refractivity contribution is 0.130. The van der Waals surface area contributed by atoms with E-state index in [1.807, 2.05) is 24.3 Å². The lowest BCUT2D eigenvalue weighted by Gasteiger charge is -2.28. The quantitative estimate of drug-likeness (QED) is 0.868. The van der Waals surface area contributed by atoms with Gasteiger partial charge in [0.1, 0.15) is 0 Å². The first-order chi connectivity index (χ1) is 11.2. The molecule has 0 aromatic heterocycles. The molecule has 1 aliphatic heterocycles. The van der Waals surface area contributed by atoms with Crippen LogP contribution >= 0.6 is 0 Å². The van der Waals surface area contributed by atoms with Gasteiger partial charge in [0.2, 0.25) is 10.0 Å². The number of likely N-dealkylation sites (N-methyl/N-ethyl adjacent to an activating group) is 1. The van der Waals surface area contributed by atoms with Crippen LogP contribution in [0, 0.1) is 0 Å². The summed E-state index contributed by atoms with van der Waals surface area (Å²) < 4.78 is 50.5. The van der Waals surface area contributed by atoms with Gasteiger partial charge < -0.3 is 5.11 Å². The lowest BCUT2D eigenvalue weighted by Crippen LogP contribution is -2.46. The van der Waals surface area contributed by atoms with Crippen molar-refractivity contribution in [2.75, 3.05) is 18.1 Å². The van der Waals surface area contributed by atoms with Crippen LogP contribution in [0.4, 0.5) is 0 Å². The molecule has 0 amide bonds. The molecule has 130 valence electrons. The van der Waals surface area contributed by atoms with E-state index in [-0.39, 0.29) is 17.2 Å². The van der Waals surface area contributed by atoms with Crippen LogP contribution in [-0.4, -0.2) is 56.4 Å². The van der Waals surface area contributed by atoms with Crippen LogP contribution in [0.5, 0.6) is 0 Å². The number of hydrogen-bond donors (Lipinski definition) is 1. The van der Waals surface area contributed by atoms with Gasteiger partial charge in [0.05, 0.1) is 28.5 Å². The Morgan fingerprint density at radius 1 is 1.12 bits per heavy atom. The summed E-state index contributed by atoms with van der Waals surface area (Å²) in [5.41, 5.74) is 0. The summed E-state index contributed by atoms with van der Waals surface area (Å²) in [6.07, 6.45) is -1.20. The summed E-state index contributed by atoms with van der Waals surface area (Å²) in [7, 11) is -7.33. The molecule has 2 aromatic rings. The van der Waals surface area contributed by atoms with E-state index in [9.17, 15) is 21.9 Å². The normalized spacial score (nSPS) is 23.8. The summed E-state index contributed by atoms with van der Waals surface area (Å²) in [4.78, 5) is 0.0968. The van der Waals surface area contributed by atoms with Crippen LogP contribution in [0.25, 0.3) is 10.8 Å². The van der Waals surface area contributed by atoms with Crippen molar-refractivity contribution < 1.29 is 21.9 Å². The van der Waals surface area contributed by atoms with Crippen molar-refractivity contribution in [1.29, 1.82) is 0 Å². The molecule has 0 saturated carbocycles. The first-order valence-electron chi connectivity index (χ1n) is 7.64. The average Bonchev–Trinajstić information content (AvgIpc) is 2.80. The Hall–Kier alpha value is -1.48. The Bertz CT molecular complexity index is 969. The fourth-order valence-corrected chi connectivity index (χ4v) is 6.73. The van der Waals surface area contributed by atoms with E-state index in [4.69, 9.17) is 0 Å². The van der Waals surface area contributed by atoms with E-state index in [2.05, 4.69) is 0 Å². The largest absolute Gasteiger partial charge is 0.390 e. The number of fused-ring (bicyclic) bond motifs is 1. The standard InChI is InChI=1S/C16H19NO5S2/c1-2-17(15-10-23(19,20)11-16(15)18)24(21,22)14-8-7-12-5-3-4-6-13(12)9-14/h3-9,15-16,18H,2,10-11H2,1H3/t15-,16-/m1/s1.